The highest BCUT2D eigenvalue weighted by Crippen LogP contribution is 2.21. The first-order valence-electron chi connectivity index (χ1n) is 6.34. The molecule has 0 radical (unpaired) electrons. The van der Waals surface area contributed by atoms with Gasteiger partial charge >= 0.3 is 11.7 Å². The van der Waals surface area contributed by atoms with Crippen molar-refractivity contribution in [2.75, 3.05) is 19.7 Å². The molecule has 8 heteroatoms. The van der Waals surface area contributed by atoms with Crippen molar-refractivity contribution in [2.24, 2.45) is 0 Å². The smallest absolute Gasteiger partial charge is 0.330 e. The van der Waals surface area contributed by atoms with E-state index < -0.39 is 17.5 Å². The summed E-state index contributed by atoms with van der Waals surface area (Å²) in [6, 6.07) is 0. The standard InChI is InChI=1S/C12H17N3O5/c1-8-7-15(12(18)13-11(8)17)10-3-4-14(20-10)5-6-19-9(2)16/h7,10H,3-6H2,1-2H3,(H,13,17,18). The minimum atomic E-state index is -0.493. The zero-order valence-electron chi connectivity index (χ0n) is 11.4. The summed E-state index contributed by atoms with van der Waals surface area (Å²) < 4.78 is 6.19. The summed E-state index contributed by atoms with van der Waals surface area (Å²) in [6.45, 7) is 4.27. The molecule has 0 aromatic carbocycles. The molecule has 110 valence electrons. The molecular formula is C12H17N3O5. The molecular weight excluding hydrogens is 266 g/mol. The molecule has 1 aromatic rings. The Bertz CT molecular complexity index is 606. The van der Waals surface area contributed by atoms with Gasteiger partial charge in [-0.15, -0.1) is 0 Å². The number of hydroxylamine groups is 2. The largest absolute Gasteiger partial charge is 0.464 e. The van der Waals surface area contributed by atoms with Crippen LogP contribution in [0.4, 0.5) is 0 Å². The quantitative estimate of drug-likeness (QED) is 0.752. The molecule has 1 fully saturated rings. The van der Waals surface area contributed by atoms with Crippen LogP contribution in [0.15, 0.2) is 15.8 Å². The summed E-state index contributed by atoms with van der Waals surface area (Å²) in [4.78, 5) is 41.5. The van der Waals surface area contributed by atoms with Gasteiger partial charge in [-0.25, -0.2) is 4.79 Å². The molecule has 1 N–H and O–H groups in total. The fraction of sp³-hybridized carbons (Fsp3) is 0.583. The number of hydrogen-bond acceptors (Lipinski definition) is 6. The van der Waals surface area contributed by atoms with Crippen molar-refractivity contribution in [2.45, 2.75) is 26.5 Å². The third-order valence-electron chi connectivity index (χ3n) is 3.00. The van der Waals surface area contributed by atoms with E-state index in [1.54, 1.807) is 12.0 Å². The van der Waals surface area contributed by atoms with Crippen LogP contribution in [0, 0.1) is 6.92 Å². The second-order valence-electron chi connectivity index (χ2n) is 4.60. The monoisotopic (exact) mass is 283 g/mol. The molecule has 0 amide bonds. The van der Waals surface area contributed by atoms with Gasteiger partial charge in [0.05, 0.1) is 6.54 Å². The van der Waals surface area contributed by atoms with Gasteiger partial charge < -0.3 is 4.74 Å². The van der Waals surface area contributed by atoms with Crippen molar-refractivity contribution in [1.82, 2.24) is 14.6 Å². The molecule has 0 spiro atoms. The minimum Gasteiger partial charge on any atom is -0.464 e. The number of hydrogen-bond donors (Lipinski definition) is 1. The first-order chi connectivity index (χ1) is 9.47. The third-order valence-corrected chi connectivity index (χ3v) is 3.00. The van der Waals surface area contributed by atoms with Crippen molar-refractivity contribution >= 4 is 5.97 Å². The lowest BCUT2D eigenvalue weighted by Gasteiger charge is -2.17. The predicted molar refractivity (Wildman–Crippen MR) is 69.0 cm³/mol. The molecule has 1 unspecified atom stereocenters. The molecule has 2 rings (SSSR count). The van der Waals surface area contributed by atoms with Crippen molar-refractivity contribution in [3.05, 3.63) is 32.6 Å². The third kappa shape index (κ3) is 3.34. The van der Waals surface area contributed by atoms with Gasteiger partial charge in [-0.1, -0.05) is 0 Å². The van der Waals surface area contributed by atoms with Gasteiger partial charge in [0.15, 0.2) is 6.23 Å². The number of carbonyl (C=O) groups is 1. The minimum absolute atomic E-state index is 0.238. The van der Waals surface area contributed by atoms with Crippen LogP contribution >= 0.6 is 0 Å². The molecule has 20 heavy (non-hydrogen) atoms. The Labute approximate surface area is 114 Å². The van der Waals surface area contributed by atoms with Gasteiger partial charge in [-0.2, -0.15) is 5.06 Å². The lowest BCUT2D eigenvalue weighted by molar-refractivity contribution is -0.178. The normalized spacial score (nSPS) is 19.2. The molecule has 1 atom stereocenters. The maximum Gasteiger partial charge on any atom is 0.330 e. The van der Waals surface area contributed by atoms with Crippen LogP contribution in [0.25, 0.3) is 0 Å². The van der Waals surface area contributed by atoms with Crippen molar-refractivity contribution in [3.8, 4) is 0 Å². The highest BCUT2D eigenvalue weighted by molar-refractivity contribution is 5.65. The molecule has 1 aliphatic heterocycles. The van der Waals surface area contributed by atoms with Gasteiger partial charge in [0.25, 0.3) is 5.56 Å². The summed E-state index contributed by atoms with van der Waals surface area (Å²) in [7, 11) is 0. The number of aromatic amines is 1. The van der Waals surface area contributed by atoms with E-state index in [0.717, 1.165) is 0 Å². The summed E-state index contributed by atoms with van der Waals surface area (Å²) in [5.74, 6) is -0.340. The number of esters is 1. The Morgan fingerprint density at radius 2 is 2.30 bits per heavy atom. The van der Waals surface area contributed by atoms with Gasteiger partial charge in [-0.3, -0.25) is 24.0 Å². The maximum atomic E-state index is 11.7. The maximum absolute atomic E-state index is 11.7. The van der Waals surface area contributed by atoms with Gasteiger partial charge in [0, 0.05) is 31.6 Å². The zero-order chi connectivity index (χ0) is 14.7. The van der Waals surface area contributed by atoms with Crippen molar-refractivity contribution < 1.29 is 14.4 Å². The second kappa shape index (κ2) is 6.02. The first kappa shape index (κ1) is 14.5. The van der Waals surface area contributed by atoms with E-state index in [2.05, 4.69) is 4.98 Å². The molecule has 8 nitrogen and oxygen atoms in total. The first-order valence-corrected chi connectivity index (χ1v) is 6.34. The highest BCUT2D eigenvalue weighted by atomic mass is 16.7. The predicted octanol–water partition coefficient (Wildman–Crippen LogP) is -0.456. The Balaban J connectivity index is 1.99. The van der Waals surface area contributed by atoms with Gasteiger partial charge in [0.2, 0.25) is 0 Å². The summed E-state index contributed by atoms with van der Waals surface area (Å²) in [5.41, 5.74) is -0.435. The molecule has 0 bridgehead atoms. The molecule has 2 heterocycles. The number of carbonyl (C=O) groups excluding carboxylic acids is 1. The van der Waals surface area contributed by atoms with E-state index >= 15 is 0 Å². The van der Waals surface area contributed by atoms with Gasteiger partial charge in [-0.05, 0) is 6.92 Å². The molecule has 0 saturated carbocycles. The van der Waals surface area contributed by atoms with E-state index in [1.807, 2.05) is 0 Å². The van der Waals surface area contributed by atoms with E-state index in [0.29, 0.717) is 25.1 Å². The number of nitrogens with one attached hydrogen (secondary N) is 1. The summed E-state index contributed by atoms with van der Waals surface area (Å²) in [6.07, 6.45) is 1.66. The van der Waals surface area contributed by atoms with Crippen LogP contribution in [-0.4, -0.2) is 40.3 Å². The Kier molecular flexibility index (Phi) is 4.35. The average Bonchev–Trinajstić information content (AvgIpc) is 2.82. The van der Waals surface area contributed by atoms with Crippen LogP contribution in [0.1, 0.15) is 25.1 Å². The lowest BCUT2D eigenvalue weighted by Crippen LogP contribution is -2.34. The summed E-state index contributed by atoms with van der Waals surface area (Å²) >= 11 is 0. The molecule has 1 aliphatic rings. The van der Waals surface area contributed by atoms with Crippen LogP contribution in [0.5, 0.6) is 0 Å². The number of rotatable bonds is 4. The van der Waals surface area contributed by atoms with E-state index in [1.165, 1.54) is 17.7 Å². The zero-order valence-corrected chi connectivity index (χ0v) is 11.4. The molecule has 1 aromatic heterocycles. The fourth-order valence-corrected chi connectivity index (χ4v) is 1.98. The topological polar surface area (TPSA) is 93.6 Å². The van der Waals surface area contributed by atoms with Crippen molar-refractivity contribution in [3.63, 3.8) is 0 Å². The van der Waals surface area contributed by atoms with E-state index in [9.17, 15) is 14.4 Å². The number of ether oxygens (including phenoxy) is 1. The van der Waals surface area contributed by atoms with Gasteiger partial charge in [0.1, 0.15) is 6.61 Å². The van der Waals surface area contributed by atoms with Crippen LogP contribution in [-0.2, 0) is 14.4 Å². The van der Waals surface area contributed by atoms with E-state index in [4.69, 9.17) is 9.57 Å². The van der Waals surface area contributed by atoms with Crippen LogP contribution in [0.3, 0.4) is 0 Å². The lowest BCUT2D eigenvalue weighted by atomic mass is 10.3. The molecule has 0 aliphatic carbocycles. The highest BCUT2D eigenvalue weighted by Gasteiger charge is 2.26. The Morgan fingerprint density at radius 3 is 3.00 bits per heavy atom. The Morgan fingerprint density at radius 1 is 1.55 bits per heavy atom. The van der Waals surface area contributed by atoms with Crippen molar-refractivity contribution in [1.29, 1.82) is 0 Å². The number of H-pyrrole nitrogens is 1. The fourth-order valence-electron chi connectivity index (χ4n) is 1.98. The van der Waals surface area contributed by atoms with Crippen LogP contribution < -0.4 is 11.2 Å². The second-order valence-corrected chi connectivity index (χ2v) is 4.60. The SMILES string of the molecule is CC(=O)OCCN1CCC(n2cc(C)c(=O)[nH]c2=O)O1. The number of aryl methyl sites for hydroxylation is 1. The average molecular weight is 283 g/mol. The number of aromatic nitrogens is 2. The summed E-state index contributed by atoms with van der Waals surface area (Å²) in [5, 5.41) is 1.64. The molecule has 1 saturated heterocycles. The van der Waals surface area contributed by atoms with Crippen LogP contribution in [0.2, 0.25) is 0 Å². The number of nitrogens with zero attached hydrogens (tertiary/aromatic N) is 2. The Hall–Kier alpha value is -1.93. The van der Waals surface area contributed by atoms with E-state index in [-0.39, 0.29) is 12.6 Å².